The summed E-state index contributed by atoms with van der Waals surface area (Å²) >= 11 is 5.87. The first-order chi connectivity index (χ1) is 13.0. The number of halogens is 2. The standard InChI is InChI=1S/C20H22ClFN2O3/c1-26-12-19(25)24-9-14-8-23(10-16-5-6-18(21)27-16)11-17(14)20(24)13-3-2-4-15(22)7-13/h2-7,14,17,20H,8-12H2,1H3/t14-,17-,20+/m1/s1. The number of rotatable bonds is 5. The fraction of sp³-hybridized carbons (Fsp3) is 0.450. The number of fused-ring (bicyclic) bond motifs is 1. The van der Waals surface area contributed by atoms with E-state index in [-0.39, 0.29) is 30.3 Å². The maximum Gasteiger partial charge on any atom is 0.249 e. The largest absolute Gasteiger partial charge is 0.448 e. The molecule has 1 aromatic heterocycles. The van der Waals surface area contributed by atoms with Crippen LogP contribution >= 0.6 is 11.6 Å². The predicted molar refractivity (Wildman–Crippen MR) is 98.7 cm³/mol. The van der Waals surface area contributed by atoms with Crippen LogP contribution in [0.15, 0.2) is 40.8 Å². The monoisotopic (exact) mass is 392 g/mol. The Morgan fingerprint density at radius 1 is 1.30 bits per heavy atom. The van der Waals surface area contributed by atoms with Crippen molar-refractivity contribution in [2.75, 3.05) is 33.4 Å². The van der Waals surface area contributed by atoms with E-state index in [1.807, 2.05) is 17.0 Å². The molecule has 0 unspecified atom stereocenters. The molecule has 0 spiro atoms. The van der Waals surface area contributed by atoms with Gasteiger partial charge in [-0.2, -0.15) is 0 Å². The highest BCUT2D eigenvalue weighted by Crippen LogP contribution is 2.45. The van der Waals surface area contributed by atoms with E-state index < -0.39 is 0 Å². The van der Waals surface area contributed by atoms with Crippen LogP contribution in [0.4, 0.5) is 4.39 Å². The first kappa shape index (κ1) is 18.5. The summed E-state index contributed by atoms with van der Waals surface area (Å²) in [5.41, 5.74) is 0.842. The minimum Gasteiger partial charge on any atom is -0.448 e. The lowest BCUT2D eigenvalue weighted by Gasteiger charge is -2.29. The highest BCUT2D eigenvalue weighted by molar-refractivity contribution is 6.28. The number of hydrogen-bond donors (Lipinski definition) is 0. The highest BCUT2D eigenvalue weighted by atomic mass is 35.5. The summed E-state index contributed by atoms with van der Waals surface area (Å²) in [6, 6.07) is 10.1. The highest BCUT2D eigenvalue weighted by Gasteiger charge is 2.49. The average Bonchev–Trinajstić information content (AvgIpc) is 3.29. The van der Waals surface area contributed by atoms with Crippen molar-refractivity contribution in [1.82, 2.24) is 9.80 Å². The molecule has 1 aromatic carbocycles. The molecule has 1 amide bonds. The summed E-state index contributed by atoms with van der Waals surface area (Å²) in [6.07, 6.45) is 0. The number of nitrogens with zero attached hydrogens (tertiary/aromatic N) is 2. The lowest BCUT2D eigenvalue weighted by atomic mass is 9.89. The van der Waals surface area contributed by atoms with E-state index >= 15 is 0 Å². The number of ether oxygens (including phenoxy) is 1. The predicted octanol–water partition coefficient (Wildman–Crippen LogP) is 3.35. The van der Waals surface area contributed by atoms with Gasteiger partial charge in [-0.1, -0.05) is 12.1 Å². The van der Waals surface area contributed by atoms with Gasteiger partial charge in [-0.15, -0.1) is 0 Å². The van der Waals surface area contributed by atoms with Crippen molar-refractivity contribution in [1.29, 1.82) is 0 Å². The van der Waals surface area contributed by atoms with Gasteiger partial charge in [0.25, 0.3) is 0 Å². The van der Waals surface area contributed by atoms with Gasteiger partial charge in [0, 0.05) is 32.7 Å². The number of carbonyl (C=O) groups excluding carboxylic acids is 1. The van der Waals surface area contributed by atoms with Crippen LogP contribution < -0.4 is 0 Å². The molecule has 0 N–H and O–H groups in total. The summed E-state index contributed by atoms with van der Waals surface area (Å²) in [4.78, 5) is 16.8. The second-order valence-corrected chi connectivity index (χ2v) is 7.68. The Kier molecular flexibility index (Phi) is 5.21. The van der Waals surface area contributed by atoms with Crippen molar-refractivity contribution in [3.05, 3.63) is 58.8 Å². The van der Waals surface area contributed by atoms with Crippen LogP contribution in [-0.2, 0) is 16.1 Å². The first-order valence-corrected chi connectivity index (χ1v) is 9.43. The normalized spacial score (nSPS) is 25.1. The molecule has 0 aliphatic carbocycles. The SMILES string of the molecule is COCC(=O)N1C[C@H]2CN(Cc3ccc(Cl)o3)C[C@H]2[C@@H]1c1cccc(F)c1. The molecule has 2 aromatic rings. The third kappa shape index (κ3) is 3.74. The topological polar surface area (TPSA) is 45.9 Å². The molecule has 3 atom stereocenters. The quantitative estimate of drug-likeness (QED) is 0.782. The van der Waals surface area contributed by atoms with Gasteiger partial charge >= 0.3 is 0 Å². The fourth-order valence-corrected chi connectivity index (χ4v) is 4.67. The molecule has 7 heteroatoms. The van der Waals surface area contributed by atoms with E-state index in [9.17, 15) is 9.18 Å². The lowest BCUT2D eigenvalue weighted by molar-refractivity contribution is -0.136. The molecule has 2 fully saturated rings. The van der Waals surface area contributed by atoms with Gasteiger partial charge in [-0.05, 0) is 47.3 Å². The third-order valence-electron chi connectivity index (χ3n) is 5.53. The van der Waals surface area contributed by atoms with Crippen LogP contribution in [0.2, 0.25) is 5.22 Å². The number of likely N-dealkylation sites (tertiary alicyclic amines) is 2. The van der Waals surface area contributed by atoms with Gasteiger partial charge in [-0.3, -0.25) is 9.69 Å². The Morgan fingerprint density at radius 2 is 2.15 bits per heavy atom. The van der Waals surface area contributed by atoms with Crippen molar-refractivity contribution in [2.45, 2.75) is 12.6 Å². The molecule has 0 radical (unpaired) electrons. The number of benzene rings is 1. The smallest absolute Gasteiger partial charge is 0.249 e. The molecule has 5 nitrogen and oxygen atoms in total. The molecule has 2 saturated heterocycles. The van der Waals surface area contributed by atoms with Crippen molar-refractivity contribution in [2.24, 2.45) is 11.8 Å². The molecule has 144 valence electrons. The summed E-state index contributed by atoms with van der Waals surface area (Å²) in [5, 5.41) is 0.387. The Bertz CT molecular complexity index is 827. The number of amides is 1. The maximum absolute atomic E-state index is 13.8. The van der Waals surface area contributed by atoms with Crippen molar-refractivity contribution in [3.8, 4) is 0 Å². The summed E-state index contributed by atoms with van der Waals surface area (Å²) < 4.78 is 24.4. The third-order valence-corrected chi connectivity index (χ3v) is 5.73. The van der Waals surface area contributed by atoms with Crippen LogP contribution in [0.3, 0.4) is 0 Å². The second kappa shape index (κ2) is 7.62. The maximum atomic E-state index is 13.8. The van der Waals surface area contributed by atoms with Crippen LogP contribution in [0, 0.1) is 17.7 Å². The number of carbonyl (C=O) groups is 1. The minimum atomic E-state index is -0.282. The molecule has 0 saturated carbocycles. The van der Waals surface area contributed by atoms with E-state index in [4.69, 9.17) is 20.8 Å². The Morgan fingerprint density at radius 3 is 2.85 bits per heavy atom. The van der Waals surface area contributed by atoms with Crippen LogP contribution in [-0.4, -0.2) is 49.1 Å². The van der Waals surface area contributed by atoms with E-state index in [1.165, 1.54) is 19.2 Å². The summed E-state index contributed by atoms with van der Waals surface area (Å²) in [7, 11) is 1.52. The van der Waals surface area contributed by atoms with Crippen LogP contribution in [0.5, 0.6) is 0 Å². The van der Waals surface area contributed by atoms with Crippen molar-refractivity contribution in [3.63, 3.8) is 0 Å². The number of hydrogen-bond acceptors (Lipinski definition) is 4. The Balaban J connectivity index is 1.56. The van der Waals surface area contributed by atoms with Gasteiger partial charge in [0.15, 0.2) is 5.22 Å². The van der Waals surface area contributed by atoms with Gasteiger partial charge in [0.05, 0.1) is 12.6 Å². The van der Waals surface area contributed by atoms with E-state index in [0.717, 1.165) is 24.4 Å². The molecule has 4 rings (SSSR count). The fourth-order valence-electron chi connectivity index (χ4n) is 4.50. The Labute approximate surface area is 162 Å². The molecule has 3 heterocycles. The van der Waals surface area contributed by atoms with Gasteiger partial charge in [0.1, 0.15) is 18.2 Å². The van der Waals surface area contributed by atoms with E-state index in [1.54, 1.807) is 12.1 Å². The van der Waals surface area contributed by atoms with E-state index in [0.29, 0.717) is 24.2 Å². The average molecular weight is 393 g/mol. The Hall–Kier alpha value is -1.89. The van der Waals surface area contributed by atoms with Crippen LogP contribution in [0.1, 0.15) is 17.4 Å². The summed E-state index contributed by atoms with van der Waals surface area (Å²) in [5.74, 6) is 1.08. The molecule has 2 aliphatic rings. The van der Waals surface area contributed by atoms with Crippen molar-refractivity contribution < 1.29 is 18.3 Å². The second-order valence-electron chi connectivity index (χ2n) is 7.30. The number of furan rings is 1. The van der Waals surface area contributed by atoms with Gasteiger partial charge in [0.2, 0.25) is 5.91 Å². The van der Waals surface area contributed by atoms with Crippen LogP contribution in [0.25, 0.3) is 0 Å². The van der Waals surface area contributed by atoms with Gasteiger partial charge < -0.3 is 14.1 Å². The number of methoxy groups -OCH3 is 1. The zero-order chi connectivity index (χ0) is 19.0. The molecular weight excluding hydrogens is 371 g/mol. The first-order valence-electron chi connectivity index (χ1n) is 9.05. The molecular formula is C20H22ClFN2O3. The summed E-state index contributed by atoms with van der Waals surface area (Å²) in [6.45, 7) is 3.07. The van der Waals surface area contributed by atoms with Gasteiger partial charge in [-0.25, -0.2) is 4.39 Å². The zero-order valence-electron chi connectivity index (χ0n) is 15.1. The lowest BCUT2D eigenvalue weighted by Crippen LogP contribution is -2.37. The van der Waals surface area contributed by atoms with E-state index in [2.05, 4.69) is 4.90 Å². The molecule has 2 aliphatic heterocycles. The zero-order valence-corrected chi connectivity index (χ0v) is 15.9. The minimum absolute atomic E-state index is 0.0415. The molecule has 0 bridgehead atoms. The molecule has 27 heavy (non-hydrogen) atoms. The van der Waals surface area contributed by atoms with Crippen molar-refractivity contribution >= 4 is 17.5 Å².